The first-order valence-electron chi connectivity index (χ1n) is 9.81. The molecule has 1 atom stereocenters. The molecule has 9 nitrogen and oxygen atoms in total. The number of likely N-dealkylation sites (N-methyl/N-ethyl adjacent to an activating group) is 1. The maximum absolute atomic E-state index is 6.16. The molecule has 1 aliphatic heterocycles. The first-order valence-corrected chi connectivity index (χ1v) is 9.81. The summed E-state index contributed by atoms with van der Waals surface area (Å²) in [5.41, 5.74) is 8.42. The lowest BCUT2D eigenvalue weighted by molar-refractivity contribution is 0.146. The van der Waals surface area contributed by atoms with Crippen LogP contribution in [-0.2, 0) is 4.74 Å². The van der Waals surface area contributed by atoms with Crippen LogP contribution < -0.4 is 15.8 Å². The molecule has 2 aromatic heterocycles. The van der Waals surface area contributed by atoms with Crippen LogP contribution in [0.4, 0.5) is 17.5 Å². The number of nitrogens with two attached hydrogens (primary N) is 1. The lowest BCUT2D eigenvalue weighted by Crippen LogP contribution is -2.33. The number of fused-ring (bicyclic) bond motifs is 1. The molecule has 0 spiro atoms. The fourth-order valence-corrected chi connectivity index (χ4v) is 3.63. The summed E-state index contributed by atoms with van der Waals surface area (Å²) in [5.74, 6) is 1.61. The Balaban J connectivity index is 1.54. The van der Waals surface area contributed by atoms with Crippen LogP contribution in [0.5, 0.6) is 5.75 Å². The Labute approximate surface area is 169 Å². The third kappa shape index (κ3) is 4.41. The summed E-state index contributed by atoms with van der Waals surface area (Å²) in [6, 6.07) is 7.95. The Kier molecular flexibility index (Phi) is 5.77. The highest BCUT2D eigenvalue weighted by atomic mass is 16.5. The van der Waals surface area contributed by atoms with Crippen molar-refractivity contribution in [1.82, 2.24) is 24.4 Å². The number of hydrogen-bond donors (Lipinski definition) is 2. The molecule has 1 aliphatic rings. The zero-order valence-electron chi connectivity index (χ0n) is 16.8. The van der Waals surface area contributed by atoms with Gasteiger partial charge in [0.25, 0.3) is 0 Å². The fourth-order valence-electron chi connectivity index (χ4n) is 3.63. The highest BCUT2D eigenvalue weighted by Crippen LogP contribution is 2.27. The van der Waals surface area contributed by atoms with Crippen molar-refractivity contribution in [3.63, 3.8) is 0 Å². The van der Waals surface area contributed by atoms with Crippen LogP contribution in [0.1, 0.15) is 18.9 Å². The number of piperidine rings is 1. The topological polar surface area (TPSA) is 103 Å². The number of anilines is 3. The van der Waals surface area contributed by atoms with Crippen LogP contribution >= 0.6 is 0 Å². The van der Waals surface area contributed by atoms with Crippen LogP contribution in [0.15, 0.2) is 30.6 Å². The Morgan fingerprint density at radius 3 is 2.79 bits per heavy atom. The van der Waals surface area contributed by atoms with E-state index in [4.69, 9.17) is 20.2 Å². The van der Waals surface area contributed by atoms with Gasteiger partial charge in [0.1, 0.15) is 17.9 Å². The van der Waals surface area contributed by atoms with Gasteiger partial charge in [-0.25, -0.2) is 4.98 Å². The molecule has 0 aliphatic carbocycles. The van der Waals surface area contributed by atoms with E-state index in [1.807, 2.05) is 30.6 Å². The fraction of sp³-hybridized carbons (Fsp3) is 0.450. The first-order chi connectivity index (χ1) is 14.1. The van der Waals surface area contributed by atoms with E-state index in [-0.39, 0.29) is 0 Å². The molecule has 29 heavy (non-hydrogen) atoms. The minimum atomic E-state index is 0.337. The van der Waals surface area contributed by atoms with Crippen molar-refractivity contribution < 1.29 is 9.47 Å². The number of hydrogen-bond acceptors (Lipinski definition) is 8. The standard InChI is InChI=1S/C20H27N7O2/c1-26-9-3-4-15(12-26)27-13-22-17-18(21)24-20(25-19(17)27)23-14-5-7-16(8-6-14)29-11-10-28-2/h5-8,13,15H,3-4,9-12H2,1-2H3,(H3,21,23,24,25). The second-order valence-corrected chi connectivity index (χ2v) is 7.31. The molecule has 1 aromatic carbocycles. The van der Waals surface area contributed by atoms with Crippen molar-refractivity contribution in [1.29, 1.82) is 0 Å². The molecule has 1 fully saturated rings. The quantitative estimate of drug-likeness (QED) is 0.586. The van der Waals surface area contributed by atoms with Crippen LogP contribution in [0, 0.1) is 0 Å². The molecule has 154 valence electrons. The molecule has 0 bridgehead atoms. The summed E-state index contributed by atoms with van der Waals surface area (Å²) < 4.78 is 12.7. The van der Waals surface area contributed by atoms with Gasteiger partial charge in [-0.1, -0.05) is 0 Å². The molecule has 0 radical (unpaired) electrons. The van der Waals surface area contributed by atoms with E-state index in [1.165, 1.54) is 0 Å². The normalized spacial score (nSPS) is 17.5. The predicted octanol–water partition coefficient (Wildman–Crippen LogP) is 2.44. The second-order valence-electron chi connectivity index (χ2n) is 7.31. The smallest absolute Gasteiger partial charge is 0.231 e. The van der Waals surface area contributed by atoms with E-state index in [9.17, 15) is 0 Å². The summed E-state index contributed by atoms with van der Waals surface area (Å²) >= 11 is 0. The average Bonchev–Trinajstić information content (AvgIpc) is 3.14. The van der Waals surface area contributed by atoms with E-state index >= 15 is 0 Å². The number of nitrogens with zero attached hydrogens (tertiary/aromatic N) is 5. The molecule has 4 rings (SSSR count). The van der Waals surface area contributed by atoms with Gasteiger partial charge in [0.05, 0.1) is 12.9 Å². The monoisotopic (exact) mass is 397 g/mol. The molecule has 0 amide bonds. The maximum Gasteiger partial charge on any atom is 0.231 e. The zero-order valence-corrected chi connectivity index (χ0v) is 16.8. The van der Waals surface area contributed by atoms with Crippen molar-refractivity contribution in [2.45, 2.75) is 18.9 Å². The maximum atomic E-state index is 6.16. The average molecular weight is 397 g/mol. The number of aromatic nitrogens is 4. The van der Waals surface area contributed by atoms with Gasteiger partial charge in [0.2, 0.25) is 5.95 Å². The number of imidazole rings is 1. The summed E-state index contributed by atoms with van der Waals surface area (Å²) in [6.45, 7) is 3.17. The molecule has 3 aromatic rings. The number of rotatable bonds is 7. The summed E-state index contributed by atoms with van der Waals surface area (Å²) in [6.07, 6.45) is 4.09. The first kappa shape index (κ1) is 19.4. The van der Waals surface area contributed by atoms with E-state index in [0.717, 1.165) is 43.0 Å². The highest BCUT2D eigenvalue weighted by molar-refractivity contribution is 5.83. The second kappa shape index (κ2) is 8.62. The third-order valence-corrected chi connectivity index (χ3v) is 5.11. The van der Waals surface area contributed by atoms with E-state index in [0.29, 0.717) is 36.5 Å². The molecule has 3 N–H and O–H groups in total. The zero-order chi connectivity index (χ0) is 20.2. The minimum absolute atomic E-state index is 0.337. The molecule has 1 saturated heterocycles. The molecular formula is C20H27N7O2. The molecule has 3 heterocycles. The van der Waals surface area contributed by atoms with Gasteiger partial charge in [-0.05, 0) is 50.7 Å². The largest absolute Gasteiger partial charge is 0.491 e. The van der Waals surface area contributed by atoms with Crippen molar-refractivity contribution >= 4 is 28.6 Å². The van der Waals surface area contributed by atoms with Gasteiger partial charge >= 0.3 is 0 Å². The number of nitrogen functional groups attached to an aromatic ring is 1. The number of benzene rings is 1. The number of nitrogens with one attached hydrogen (secondary N) is 1. The van der Waals surface area contributed by atoms with Gasteiger partial charge in [-0.3, -0.25) is 0 Å². The summed E-state index contributed by atoms with van der Waals surface area (Å²) in [5, 5.41) is 3.23. The Morgan fingerprint density at radius 1 is 1.21 bits per heavy atom. The summed E-state index contributed by atoms with van der Waals surface area (Å²) in [7, 11) is 3.79. The Bertz CT molecular complexity index is 957. The lowest BCUT2D eigenvalue weighted by atomic mass is 10.1. The van der Waals surface area contributed by atoms with E-state index in [1.54, 1.807) is 7.11 Å². The predicted molar refractivity (Wildman–Crippen MR) is 113 cm³/mol. The van der Waals surface area contributed by atoms with Crippen molar-refractivity contribution in [3.05, 3.63) is 30.6 Å². The number of ether oxygens (including phenoxy) is 2. The Morgan fingerprint density at radius 2 is 2.03 bits per heavy atom. The van der Waals surface area contributed by atoms with Gasteiger partial charge < -0.3 is 30.0 Å². The van der Waals surface area contributed by atoms with Crippen molar-refractivity contribution in [2.24, 2.45) is 0 Å². The molecule has 9 heteroatoms. The summed E-state index contributed by atoms with van der Waals surface area (Å²) in [4.78, 5) is 15.9. The number of methoxy groups -OCH3 is 1. The van der Waals surface area contributed by atoms with Crippen LogP contribution in [0.2, 0.25) is 0 Å². The van der Waals surface area contributed by atoms with Crippen LogP contribution in [0.25, 0.3) is 11.2 Å². The van der Waals surface area contributed by atoms with Crippen LogP contribution in [-0.4, -0.2) is 64.9 Å². The lowest BCUT2D eigenvalue weighted by Gasteiger charge is -2.30. The highest BCUT2D eigenvalue weighted by Gasteiger charge is 2.22. The van der Waals surface area contributed by atoms with Crippen LogP contribution in [0.3, 0.4) is 0 Å². The third-order valence-electron chi connectivity index (χ3n) is 5.11. The minimum Gasteiger partial charge on any atom is -0.491 e. The van der Waals surface area contributed by atoms with Crippen molar-refractivity contribution in [2.75, 3.05) is 51.5 Å². The molecular weight excluding hydrogens is 370 g/mol. The molecule has 0 saturated carbocycles. The van der Waals surface area contributed by atoms with Gasteiger partial charge in [0, 0.05) is 25.4 Å². The van der Waals surface area contributed by atoms with E-state index in [2.05, 4.69) is 31.8 Å². The van der Waals surface area contributed by atoms with E-state index < -0.39 is 0 Å². The molecule has 1 unspecified atom stereocenters. The van der Waals surface area contributed by atoms with Gasteiger partial charge in [0.15, 0.2) is 11.5 Å². The SMILES string of the molecule is COCCOc1ccc(Nc2nc(N)c3ncn(C4CCCN(C)C4)c3n2)cc1. The van der Waals surface area contributed by atoms with Gasteiger partial charge in [-0.2, -0.15) is 9.97 Å². The van der Waals surface area contributed by atoms with Crippen molar-refractivity contribution in [3.8, 4) is 5.75 Å². The number of likely N-dealkylation sites (tertiary alicyclic amines) is 1. The Hall–Kier alpha value is -2.91. The van der Waals surface area contributed by atoms with Gasteiger partial charge in [-0.15, -0.1) is 0 Å².